The topological polar surface area (TPSA) is 106 Å². The number of alkyl halides is 3. The molecule has 2 heterocycles. The molecule has 1 aliphatic heterocycles. The van der Waals surface area contributed by atoms with Crippen molar-refractivity contribution in [3.05, 3.63) is 90.3 Å². The van der Waals surface area contributed by atoms with Crippen LogP contribution in [-0.2, 0) is 16.4 Å². The number of aliphatic hydroxyl groups is 1. The third kappa shape index (κ3) is 5.02. The van der Waals surface area contributed by atoms with Crippen LogP contribution in [-0.4, -0.2) is 40.6 Å². The van der Waals surface area contributed by atoms with Crippen LogP contribution in [0.2, 0.25) is 0 Å². The van der Waals surface area contributed by atoms with Crippen molar-refractivity contribution in [1.29, 1.82) is 0 Å². The molecule has 192 valence electrons. The molecular formula is C25H21F3N4O4S. The summed E-state index contributed by atoms with van der Waals surface area (Å²) < 4.78 is 71.1. The predicted octanol–water partition coefficient (Wildman–Crippen LogP) is 4.48. The molecule has 1 aromatic heterocycles. The van der Waals surface area contributed by atoms with Crippen LogP contribution in [0.4, 0.5) is 18.9 Å². The molecule has 1 aliphatic rings. The number of sulfonamides is 1. The number of rotatable bonds is 6. The minimum absolute atomic E-state index is 0.179. The van der Waals surface area contributed by atoms with Crippen LogP contribution < -0.4 is 9.46 Å². The van der Waals surface area contributed by atoms with Gasteiger partial charge in [0.25, 0.3) is 0 Å². The van der Waals surface area contributed by atoms with Gasteiger partial charge in [0.15, 0.2) is 0 Å². The molecular weight excluding hydrogens is 509 g/mol. The summed E-state index contributed by atoms with van der Waals surface area (Å²) in [6.07, 6.45) is 1.33. The second-order valence-corrected chi connectivity index (χ2v) is 10.2. The first-order valence-corrected chi connectivity index (χ1v) is 12.7. The second kappa shape index (κ2) is 9.52. The lowest BCUT2D eigenvalue weighted by atomic mass is 9.88. The van der Waals surface area contributed by atoms with Crippen LogP contribution in [0.1, 0.15) is 17.4 Å². The zero-order valence-electron chi connectivity index (χ0n) is 19.1. The van der Waals surface area contributed by atoms with E-state index in [9.17, 15) is 26.7 Å². The van der Waals surface area contributed by atoms with Crippen LogP contribution >= 0.6 is 0 Å². The lowest BCUT2D eigenvalue weighted by molar-refractivity contribution is -0.0429. The molecule has 5 rings (SSSR count). The largest absolute Gasteiger partial charge is 0.516 e. The normalized spacial score (nSPS) is 17.6. The fourth-order valence-corrected chi connectivity index (χ4v) is 4.76. The van der Waals surface area contributed by atoms with Gasteiger partial charge < -0.3 is 9.84 Å². The number of aliphatic hydroxyl groups excluding tert-OH is 1. The summed E-state index contributed by atoms with van der Waals surface area (Å²) in [4.78, 5) is 0. The predicted molar refractivity (Wildman–Crippen MR) is 129 cm³/mol. The zero-order valence-corrected chi connectivity index (χ0v) is 19.9. The van der Waals surface area contributed by atoms with E-state index in [-0.39, 0.29) is 23.8 Å². The van der Waals surface area contributed by atoms with Crippen molar-refractivity contribution in [2.75, 3.05) is 11.3 Å². The Hall–Kier alpha value is -3.90. The molecule has 2 atom stereocenters. The number of aromatic nitrogens is 3. The number of halogens is 3. The van der Waals surface area contributed by atoms with Crippen molar-refractivity contribution in [3.8, 4) is 22.6 Å². The molecule has 3 aromatic carbocycles. The lowest BCUT2D eigenvalue weighted by Gasteiger charge is -2.30. The molecule has 8 nitrogen and oxygen atoms in total. The number of benzene rings is 3. The van der Waals surface area contributed by atoms with E-state index in [1.54, 1.807) is 39.9 Å². The summed E-state index contributed by atoms with van der Waals surface area (Å²) in [5.74, 6) is 0.0628. The highest BCUT2D eigenvalue weighted by Gasteiger charge is 2.46. The zero-order chi connectivity index (χ0) is 26.2. The maximum absolute atomic E-state index is 12.9. The van der Waals surface area contributed by atoms with Crippen molar-refractivity contribution in [1.82, 2.24) is 15.0 Å². The Morgan fingerprint density at radius 2 is 1.78 bits per heavy atom. The van der Waals surface area contributed by atoms with Gasteiger partial charge in [0.05, 0.1) is 36.0 Å². The summed E-state index contributed by atoms with van der Waals surface area (Å²) in [5, 5.41) is 19.4. The molecule has 0 bridgehead atoms. The standard InChI is InChI=1S/C25H21F3N4O4S/c26-25(27,28)37(34,35)30-22-9-5-4-8-20(22)16-10-11-21-23(13-16)36-15-17(24(21)33)12-18-14-32(31-29-18)19-6-2-1-3-7-19/h1-11,13-14,17,24,30,33H,12,15H2/t17-,24+/m1/s1. The lowest BCUT2D eigenvalue weighted by Crippen LogP contribution is -2.30. The number of para-hydroxylation sites is 2. The van der Waals surface area contributed by atoms with Gasteiger partial charge in [0, 0.05) is 23.5 Å². The number of hydrogen-bond donors (Lipinski definition) is 2. The minimum atomic E-state index is -5.59. The average molecular weight is 531 g/mol. The van der Waals surface area contributed by atoms with Gasteiger partial charge in [-0.3, -0.25) is 4.72 Å². The fraction of sp³-hybridized carbons (Fsp3) is 0.200. The van der Waals surface area contributed by atoms with Crippen LogP contribution in [0.25, 0.3) is 16.8 Å². The van der Waals surface area contributed by atoms with Gasteiger partial charge in [-0.2, -0.15) is 21.6 Å². The van der Waals surface area contributed by atoms with Gasteiger partial charge >= 0.3 is 15.5 Å². The average Bonchev–Trinajstić information content (AvgIpc) is 3.34. The second-order valence-electron chi connectivity index (χ2n) is 8.56. The van der Waals surface area contributed by atoms with Crippen molar-refractivity contribution < 1.29 is 31.4 Å². The molecule has 0 fully saturated rings. The quantitative estimate of drug-likeness (QED) is 0.381. The Morgan fingerprint density at radius 1 is 1.05 bits per heavy atom. The maximum Gasteiger partial charge on any atom is 0.516 e. The molecule has 37 heavy (non-hydrogen) atoms. The number of hydrogen-bond acceptors (Lipinski definition) is 6. The number of nitrogens with zero attached hydrogens (tertiary/aromatic N) is 3. The summed E-state index contributed by atoms with van der Waals surface area (Å²) in [5.41, 5.74) is -2.96. The van der Waals surface area contributed by atoms with E-state index in [4.69, 9.17) is 4.74 Å². The highest BCUT2D eigenvalue weighted by Crippen LogP contribution is 2.41. The highest BCUT2D eigenvalue weighted by molar-refractivity contribution is 7.93. The third-order valence-electron chi connectivity index (χ3n) is 6.05. The van der Waals surface area contributed by atoms with Crippen LogP contribution in [0.5, 0.6) is 5.75 Å². The highest BCUT2D eigenvalue weighted by atomic mass is 32.2. The van der Waals surface area contributed by atoms with E-state index in [1.165, 1.54) is 18.2 Å². The fourth-order valence-electron chi connectivity index (χ4n) is 4.18. The number of ether oxygens (including phenoxy) is 1. The molecule has 0 saturated carbocycles. The summed E-state index contributed by atoms with van der Waals surface area (Å²) in [7, 11) is -5.59. The SMILES string of the molecule is O=S(=O)(Nc1ccccc1-c1ccc2c(c1)OC[C@@H](Cc1cn(-c3ccccc3)nn1)[C@@H]2O)C(F)(F)F. The molecule has 0 saturated heterocycles. The van der Waals surface area contributed by atoms with E-state index < -0.39 is 21.6 Å². The smallest absolute Gasteiger partial charge is 0.493 e. The summed E-state index contributed by atoms with van der Waals surface area (Å²) in [6, 6.07) is 20.0. The molecule has 4 aromatic rings. The minimum Gasteiger partial charge on any atom is -0.493 e. The summed E-state index contributed by atoms with van der Waals surface area (Å²) in [6.45, 7) is 0.179. The van der Waals surface area contributed by atoms with Gasteiger partial charge in [-0.25, -0.2) is 4.68 Å². The Balaban J connectivity index is 1.36. The number of anilines is 1. The maximum atomic E-state index is 12.9. The van der Waals surface area contributed by atoms with E-state index in [0.717, 1.165) is 5.69 Å². The molecule has 0 radical (unpaired) electrons. The van der Waals surface area contributed by atoms with Crippen LogP contribution in [0, 0.1) is 5.92 Å². The van der Waals surface area contributed by atoms with E-state index in [2.05, 4.69) is 10.3 Å². The molecule has 12 heteroatoms. The van der Waals surface area contributed by atoms with Gasteiger partial charge in [0.2, 0.25) is 0 Å². The Bertz CT molecular complexity index is 1520. The van der Waals surface area contributed by atoms with Crippen LogP contribution in [0.3, 0.4) is 0 Å². The third-order valence-corrected chi connectivity index (χ3v) is 7.15. The summed E-state index contributed by atoms with van der Waals surface area (Å²) >= 11 is 0. The van der Waals surface area contributed by atoms with Crippen molar-refractivity contribution in [2.24, 2.45) is 5.92 Å². The molecule has 0 amide bonds. The Morgan fingerprint density at radius 3 is 2.54 bits per heavy atom. The number of nitrogens with one attached hydrogen (secondary N) is 1. The van der Waals surface area contributed by atoms with Crippen molar-refractivity contribution in [3.63, 3.8) is 0 Å². The molecule has 0 unspecified atom stereocenters. The monoisotopic (exact) mass is 530 g/mol. The Labute approximate surface area is 210 Å². The molecule has 0 spiro atoms. The first-order valence-electron chi connectivity index (χ1n) is 11.2. The van der Waals surface area contributed by atoms with Gasteiger partial charge in [-0.15, -0.1) is 5.10 Å². The van der Waals surface area contributed by atoms with E-state index in [0.29, 0.717) is 29.0 Å². The Kier molecular flexibility index (Phi) is 6.38. The number of fused-ring (bicyclic) bond motifs is 1. The molecule has 0 aliphatic carbocycles. The van der Waals surface area contributed by atoms with E-state index >= 15 is 0 Å². The van der Waals surface area contributed by atoms with Gasteiger partial charge in [-0.1, -0.05) is 53.7 Å². The molecule has 2 N–H and O–H groups in total. The van der Waals surface area contributed by atoms with Crippen molar-refractivity contribution >= 4 is 15.7 Å². The first-order chi connectivity index (χ1) is 17.6. The van der Waals surface area contributed by atoms with Gasteiger partial charge in [0.1, 0.15) is 5.75 Å². The van der Waals surface area contributed by atoms with E-state index in [1.807, 2.05) is 30.3 Å². The van der Waals surface area contributed by atoms with Crippen LogP contribution in [0.15, 0.2) is 79.0 Å². The van der Waals surface area contributed by atoms with Crippen molar-refractivity contribution in [2.45, 2.75) is 18.0 Å². The van der Waals surface area contributed by atoms with Gasteiger partial charge in [-0.05, 0) is 29.8 Å². The first kappa shape index (κ1) is 24.8.